The minimum Gasteiger partial charge on any atom is -0.490 e. The Balaban J connectivity index is 2.16. The SMILES string of the molecule is C[C@@H](O)c1cc(F)ccc1OCC(C)(O)c1ccccc1. The van der Waals surface area contributed by atoms with Crippen LogP contribution in [0, 0.1) is 5.82 Å². The van der Waals surface area contributed by atoms with Crippen molar-refractivity contribution >= 4 is 0 Å². The number of aliphatic hydroxyl groups excluding tert-OH is 1. The zero-order chi connectivity index (χ0) is 15.5. The quantitative estimate of drug-likeness (QED) is 0.889. The monoisotopic (exact) mass is 290 g/mol. The maximum absolute atomic E-state index is 13.2. The van der Waals surface area contributed by atoms with Crippen LogP contribution in [0.5, 0.6) is 5.75 Å². The Bertz CT molecular complexity index is 594. The molecule has 0 aliphatic carbocycles. The summed E-state index contributed by atoms with van der Waals surface area (Å²) in [4.78, 5) is 0. The predicted octanol–water partition coefficient (Wildman–Crippen LogP) is 3.17. The minimum atomic E-state index is -1.17. The van der Waals surface area contributed by atoms with Gasteiger partial charge in [-0.1, -0.05) is 30.3 Å². The Hall–Kier alpha value is -1.91. The van der Waals surface area contributed by atoms with Gasteiger partial charge in [0, 0.05) is 5.56 Å². The van der Waals surface area contributed by atoms with Crippen LogP contribution in [0.15, 0.2) is 48.5 Å². The van der Waals surface area contributed by atoms with Gasteiger partial charge in [0.05, 0.1) is 6.10 Å². The van der Waals surface area contributed by atoms with Crippen molar-refractivity contribution in [3.05, 3.63) is 65.5 Å². The van der Waals surface area contributed by atoms with E-state index in [9.17, 15) is 14.6 Å². The number of hydrogen-bond acceptors (Lipinski definition) is 3. The molecular weight excluding hydrogens is 271 g/mol. The summed E-state index contributed by atoms with van der Waals surface area (Å²) in [6.45, 7) is 3.19. The fourth-order valence-corrected chi connectivity index (χ4v) is 2.08. The third-order valence-corrected chi connectivity index (χ3v) is 3.33. The summed E-state index contributed by atoms with van der Waals surface area (Å²) in [5.74, 6) is -0.0734. The van der Waals surface area contributed by atoms with Gasteiger partial charge in [-0.15, -0.1) is 0 Å². The third kappa shape index (κ3) is 3.80. The van der Waals surface area contributed by atoms with Crippen molar-refractivity contribution in [2.75, 3.05) is 6.61 Å². The van der Waals surface area contributed by atoms with E-state index in [4.69, 9.17) is 4.74 Å². The maximum atomic E-state index is 13.2. The van der Waals surface area contributed by atoms with Crippen molar-refractivity contribution in [3.8, 4) is 5.75 Å². The normalized spacial score (nSPS) is 15.3. The van der Waals surface area contributed by atoms with E-state index in [0.717, 1.165) is 5.56 Å². The van der Waals surface area contributed by atoms with Crippen molar-refractivity contribution in [2.24, 2.45) is 0 Å². The number of ether oxygens (including phenoxy) is 1. The van der Waals surface area contributed by atoms with Crippen LogP contribution in [-0.2, 0) is 5.60 Å². The fourth-order valence-electron chi connectivity index (χ4n) is 2.08. The molecule has 2 aromatic rings. The lowest BCUT2D eigenvalue weighted by molar-refractivity contribution is 0.00654. The van der Waals surface area contributed by atoms with Crippen LogP contribution in [-0.4, -0.2) is 16.8 Å². The fraction of sp³-hybridized carbons (Fsp3) is 0.294. The van der Waals surface area contributed by atoms with Crippen LogP contribution in [0.3, 0.4) is 0 Å². The topological polar surface area (TPSA) is 49.7 Å². The van der Waals surface area contributed by atoms with Gasteiger partial charge >= 0.3 is 0 Å². The van der Waals surface area contributed by atoms with E-state index >= 15 is 0 Å². The van der Waals surface area contributed by atoms with Crippen LogP contribution >= 0.6 is 0 Å². The van der Waals surface area contributed by atoms with Crippen molar-refractivity contribution in [1.29, 1.82) is 0 Å². The van der Waals surface area contributed by atoms with E-state index < -0.39 is 17.5 Å². The Morgan fingerprint density at radius 3 is 2.48 bits per heavy atom. The first-order valence-corrected chi connectivity index (χ1v) is 6.78. The molecule has 2 rings (SSSR count). The molecule has 0 aliphatic rings. The first kappa shape index (κ1) is 15.5. The second-order valence-corrected chi connectivity index (χ2v) is 5.29. The number of aliphatic hydroxyl groups is 2. The van der Waals surface area contributed by atoms with E-state index in [2.05, 4.69) is 0 Å². The van der Waals surface area contributed by atoms with Gasteiger partial charge in [0.2, 0.25) is 0 Å². The average Bonchev–Trinajstić information content (AvgIpc) is 2.47. The molecule has 0 spiro atoms. The second kappa shape index (κ2) is 6.24. The molecule has 1 unspecified atom stereocenters. The Labute approximate surface area is 123 Å². The summed E-state index contributed by atoms with van der Waals surface area (Å²) in [6.07, 6.45) is -0.850. The van der Waals surface area contributed by atoms with Gasteiger partial charge in [0.1, 0.15) is 23.8 Å². The lowest BCUT2D eigenvalue weighted by Gasteiger charge is -2.25. The predicted molar refractivity (Wildman–Crippen MR) is 78.5 cm³/mol. The highest BCUT2D eigenvalue weighted by Crippen LogP contribution is 2.28. The minimum absolute atomic E-state index is 0.00235. The van der Waals surface area contributed by atoms with Gasteiger partial charge in [0.25, 0.3) is 0 Å². The van der Waals surface area contributed by atoms with Crippen LogP contribution in [0.1, 0.15) is 31.1 Å². The molecular formula is C17H19FO3. The Morgan fingerprint density at radius 1 is 1.19 bits per heavy atom. The first-order chi connectivity index (χ1) is 9.90. The Morgan fingerprint density at radius 2 is 1.86 bits per heavy atom. The van der Waals surface area contributed by atoms with Gasteiger partial charge in [0.15, 0.2) is 0 Å². The van der Waals surface area contributed by atoms with E-state index in [1.165, 1.54) is 25.1 Å². The van der Waals surface area contributed by atoms with Gasteiger partial charge in [-0.2, -0.15) is 0 Å². The van der Waals surface area contributed by atoms with Crippen molar-refractivity contribution in [3.63, 3.8) is 0 Å². The van der Waals surface area contributed by atoms with Crippen molar-refractivity contribution in [1.82, 2.24) is 0 Å². The number of hydrogen-bond donors (Lipinski definition) is 2. The molecule has 2 atom stereocenters. The summed E-state index contributed by atoms with van der Waals surface area (Å²) < 4.78 is 18.8. The molecule has 4 heteroatoms. The van der Waals surface area contributed by atoms with Crippen LogP contribution in [0.2, 0.25) is 0 Å². The molecule has 0 bridgehead atoms. The Kier molecular flexibility index (Phi) is 4.60. The number of halogens is 1. The molecule has 2 N–H and O–H groups in total. The van der Waals surface area contributed by atoms with Crippen LogP contribution in [0.25, 0.3) is 0 Å². The molecule has 0 amide bonds. The molecule has 3 nitrogen and oxygen atoms in total. The zero-order valence-corrected chi connectivity index (χ0v) is 12.1. The van der Waals surface area contributed by atoms with E-state index in [0.29, 0.717) is 11.3 Å². The second-order valence-electron chi connectivity index (χ2n) is 5.29. The first-order valence-electron chi connectivity index (χ1n) is 6.78. The number of benzene rings is 2. The van der Waals surface area contributed by atoms with Gasteiger partial charge < -0.3 is 14.9 Å². The molecule has 0 fully saturated rings. The summed E-state index contributed by atoms with van der Waals surface area (Å²) >= 11 is 0. The standard InChI is InChI=1S/C17H19FO3/c1-12(19)15-10-14(18)8-9-16(15)21-11-17(2,20)13-6-4-3-5-7-13/h3-10,12,19-20H,11H2,1-2H3/t12-,17?/m1/s1. The molecule has 2 aromatic carbocycles. The molecule has 0 radical (unpaired) electrons. The highest BCUT2D eigenvalue weighted by atomic mass is 19.1. The number of rotatable bonds is 5. The van der Waals surface area contributed by atoms with Gasteiger partial charge in [-0.3, -0.25) is 0 Å². The highest BCUT2D eigenvalue weighted by molar-refractivity contribution is 5.35. The average molecular weight is 290 g/mol. The third-order valence-electron chi connectivity index (χ3n) is 3.33. The van der Waals surface area contributed by atoms with Crippen molar-refractivity contribution in [2.45, 2.75) is 25.6 Å². The molecule has 0 saturated heterocycles. The summed E-state index contributed by atoms with van der Waals surface area (Å²) in [5, 5.41) is 20.1. The smallest absolute Gasteiger partial charge is 0.125 e. The van der Waals surface area contributed by atoms with Crippen LogP contribution in [0.4, 0.5) is 4.39 Å². The molecule has 112 valence electrons. The van der Waals surface area contributed by atoms with E-state index in [1.807, 2.05) is 30.3 Å². The molecule has 0 aromatic heterocycles. The van der Waals surface area contributed by atoms with E-state index in [1.54, 1.807) is 6.92 Å². The maximum Gasteiger partial charge on any atom is 0.125 e. The summed E-state index contributed by atoms with van der Waals surface area (Å²) in [6, 6.07) is 13.1. The zero-order valence-electron chi connectivity index (χ0n) is 12.1. The molecule has 0 saturated carbocycles. The molecule has 0 aliphatic heterocycles. The lowest BCUT2D eigenvalue weighted by Crippen LogP contribution is -2.29. The largest absolute Gasteiger partial charge is 0.490 e. The van der Waals surface area contributed by atoms with Gasteiger partial charge in [-0.05, 0) is 37.6 Å². The highest BCUT2D eigenvalue weighted by Gasteiger charge is 2.24. The van der Waals surface area contributed by atoms with Crippen molar-refractivity contribution < 1.29 is 19.3 Å². The van der Waals surface area contributed by atoms with Gasteiger partial charge in [-0.25, -0.2) is 4.39 Å². The summed E-state index contributed by atoms with van der Waals surface area (Å²) in [7, 11) is 0. The lowest BCUT2D eigenvalue weighted by atomic mass is 9.97. The summed E-state index contributed by atoms with van der Waals surface area (Å²) in [5.41, 5.74) is -0.0874. The van der Waals surface area contributed by atoms with E-state index in [-0.39, 0.29) is 6.61 Å². The molecule has 21 heavy (non-hydrogen) atoms. The molecule has 0 heterocycles. The van der Waals surface area contributed by atoms with Crippen LogP contribution < -0.4 is 4.74 Å².